The third kappa shape index (κ3) is 3.96. The van der Waals surface area contributed by atoms with Gasteiger partial charge in [-0.05, 0) is 24.3 Å². The molecule has 28 heavy (non-hydrogen) atoms. The van der Waals surface area contributed by atoms with E-state index in [0.717, 1.165) is 4.68 Å². The summed E-state index contributed by atoms with van der Waals surface area (Å²) < 4.78 is 11.3. The number of benzene rings is 2. The van der Waals surface area contributed by atoms with Gasteiger partial charge in [0.05, 0.1) is 12.5 Å². The molecular weight excluding hydrogens is 386 g/mol. The fourth-order valence-electron chi connectivity index (χ4n) is 2.71. The average molecular weight is 402 g/mol. The highest BCUT2D eigenvalue weighted by atomic mass is 35.5. The van der Waals surface area contributed by atoms with Gasteiger partial charge >= 0.3 is 5.97 Å². The Labute approximate surface area is 164 Å². The smallest absolute Gasteiger partial charge is 0.328 e. The third-order valence-electron chi connectivity index (χ3n) is 4.01. The molecule has 0 fully saturated rings. The Balaban J connectivity index is 1.84. The van der Waals surface area contributed by atoms with Crippen LogP contribution >= 0.6 is 11.6 Å². The van der Waals surface area contributed by atoms with Crippen LogP contribution in [0.3, 0.4) is 0 Å². The Kier molecular flexibility index (Phi) is 5.60. The number of hydrogen-bond donors (Lipinski definition) is 1. The summed E-state index contributed by atoms with van der Waals surface area (Å²) in [6.45, 7) is -0.583. The summed E-state index contributed by atoms with van der Waals surface area (Å²) in [6, 6.07) is 11.3. The molecule has 0 saturated heterocycles. The number of methoxy groups -OCH3 is 1. The van der Waals surface area contributed by atoms with Gasteiger partial charge in [0, 0.05) is 16.0 Å². The second-order valence-corrected chi connectivity index (χ2v) is 6.27. The molecule has 0 bridgehead atoms. The lowest BCUT2D eigenvalue weighted by molar-refractivity contribution is -0.146. The summed E-state index contributed by atoms with van der Waals surface area (Å²) in [7, 11) is 1.48. The minimum atomic E-state index is -0.804. The molecule has 3 rings (SSSR count). The van der Waals surface area contributed by atoms with Crippen LogP contribution in [0.5, 0.6) is 5.75 Å². The lowest BCUT2D eigenvalue weighted by Crippen LogP contribution is -2.31. The first-order chi connectivity index (χ1) is 13.4. The molecule has 8 nitrogen and oxygen atoms in total. The summed E-state index contributed by atoms with van der Waals surface area (Å²) in [6.07, 6.45) is 0. The zero-order valence-corrected chi connectivity index (χ0v) is 15.6. The van der Waals surface area contributed by atoms with Gasteiger partial charge in [0.15, 0.2) is 5.69 Å². The Bertz CT molecular complexity index is 1130. The number of primary amides is 1. The molecule has 2 N–H and O–H groups in total. The van der Waals surface area contributed by atoms with Crippen LogP contribution in [-0.4, -0.2) is 28.8 Å². The predicted molar refractivity (Wildman–Crippen MR) is 102 cm³/mol. The Morgan fingerprint density at radius 1 is 1.18 bits per heavy atom. The van der Waals surface area contributed by atoms with Crippen LogP contribution in [-0.2, 0) is 22.7 Å². The maximum absolute atomic E-state index is 12.6. The molecule has 0 aliphatic rings. The van der Waals surface area contributed by atoms with Crippen molar-refractivity contribution in [1.82, 2.24) is 9.78 Å². The number of amides is 1. The van der Waals surface area contributed by atoms with Crippen molar-refractivity contribution in [3.63, 3.8) is 0 Å². The van der Waals surface area contributed by atoms with Gasteiger partial charge in [0.25, 0.3) is 11.5 Å². The molecule has 144 valence electrons. The SMILES string of the molecule is COc1ccc(Cl)cc1COC(=O)Cn1nc(C(N)=O)c2ccccc2c1=O. The summed E-state index contributed by atoms with van der Waals surface area (Å²) in [5.41, 5.74) is 5.29. The number of fused-ring (bicyclic) bond motifs is 1. The standard InChI is InChI=1S/C19H16ClN3O5/c1-27-15-7-6-12(20)8-11(15)10-28-16(24)9-23-19(26)14-5-3-2-4-13(14)17(22-23)18(21)25/h2-8H,9-10H2,1H3,(H2,21,25). The highest BCUT2D eigenvalue weighted by molar-refractivity contribution is 6.30. The topological polar surface area (TPSA) is 114 Å². The van der Waals surface area contributed by atoms with Crippen molar-refractivity contribution < 1.29 is 19.1 Å². The van der Waals surface area contributed by atoms with E-state index < -0.39 is 24.0 Å². The zero-order chi connectivity index (χ0) is 20.3. The molecular formula is C19H16ClN3O5. The molecule has 3 aromatic rings. The van der Waals surface area contributed by atoms with Crippen molar-refractivity contribution in [3.05, 3.63) is 69.1 Å². The monoisotopic (exact) mass is 401 g/mol. The van der Waals surface area contributed by atoms with E-state index in [9.17, 15) is 14.4 Å². The number of nitrogens with zero attached hydrogens (tertiary/aromatic N) is 2. The van der Waals surface area contributed by atoms with Crippen LogP contribution < -0.4 is 16.0 Å². The molecule has 0 saturated carbocycles. The van der Waals surface area contributed by atoms with Gasteiger partial charge in [0.2, 0.25) is 0 Å². The van der Waals surface area contributed by atoms with E-state index in [1.807, 2.05) is 0 Å². The Morgan fingerprint density at radius 2 is 1.89 bits per heavy atom. The molecule has 1 amide bonds. The van der Waals surface area contributed by atoms with Crippen LogP contribution in [0.15, 0.2) is 47.3 Å². The fraction of sp³-hybridized carbons (Fsp3) is 0.158. The summed E-state index contributed by atoms with van der Waals surface area (Å²) in [5, 5.41) is 4.95. The molecule has 0 radical (unpaired) electrons. The van der Waals surface area contributed by atoms with E-state index in [1.54, 1.807) is 36.4 Å². The first-order valence-electron chi connectivity index (χ1n) is 8.18. The predicted octanol–water partition coefficient (Wildman–Crippen LogP) is 1.90. The summed E-state index contributed by atoms with van der Waals surface area (Å²) in [5.74, 6) is -1.02. The molecule has 9 heteroatoms. The lowest BCUT2D eigenvalue weighted by Gasteiger charge is -2.11. The first-order valence-corrected chi connectivity index (χ1v) is 8.56. The molecule has 0 spiro atoms. The highest BCUT2D eigenvalue weighted by Crippen LogP contribution is 2.23. The van der Waals surface area contributed by atoms with Crippen molar-refractivity contribution in [3.8, 4) is 5.75 Å². The fourth-order valence-corrected chi connectivity index (χ4v) is 2.91. The second-order valence-electron chi connectivity index (χ2n) is 5.84. The Morgan fingerprint density at radius 3 is 2.57 bits per heavy atom. The van der Waals surface area contributed by atoms with E-state index >= 15 is 0 Å². The molecule has 0 unspecified atom stereocenters. The summed E-state index contributed by atoms with van der Waals surface area (Å²) in [4.78, 5) is 36.5. The highest BCUT2D eigenvalue weighted by Gasteiger charge is 2.17. The van der Waals surface area contributed by atoms with Gasteiger partial charge in [-0.3, -0.25) is 14.4 Å². The van der Waals surface area contributed by atoms with Crippen molar-refractivity contribution in [2.45, 2.75) is 13.2 Å². The van der Waals surface area contributed by atoms with Crippen LogP contribution in [0.4, 0.5) is 0 Å². The van der Waals surface area contributed by atoms with Gasteiger partial charge < -0.3 is 15.2 Å². The molecule has 2 aromatic carbocycles. The van der Waals surface area contributed by atoms with Crippen molar-refractivity contribution >= 4 is 34.2 Å². The molecule has 0 atom stereocenters. The summed E-state index contributed by atoms with van der Waals surface area (Å²) >= 11 is 5.95. The van der Waals surface area contributed by atoms with E-state index in [1.165, 1.54) is 13.2 Å². The number of aromatic nitrogens is 2. The lowest BCUT2D eigenvalue weighted by atomic mass is 10.1. The quantitative estimate of drug-likeness (QED) is 0.631. The van der Waals surface area contributed by atoms with Crippen LogP contribution in [0.25, 0.3) is 10.8 Å². The van der Waals surface area contributed by atoms with Crippen molar-refractivity contribution in [2.24, 2.45) is 5.73 Å². The number of hydrogen-bond acceptors (Lipinski definition) is 6. The number of rotatable bonds is 6. The molecule has 1 heterocycles. The molecule has 0 aliphatic heterocycles. The Hall–Kier alpha value is -3.39. The van der Waals surface area contributed by atoms with Crippen molar-refractivity contribution in [1.29, 1.82) is 0 Å². The van der Waals surface area contributed by atoms with Gasteiger partial charge in [-0.25, -0.2) is 4.68 Å². The van der Waals surface area contributed by atoms with E-state index in [0.29, 0.717) is 21.7 Å². The average Bonchev–Trinajstić information content (AvgIpc) is 2.68. The first kappa shape index (κ1) is 19.4. The molecule has 1 aromatic heterocycles. The second kappa shape index (κ2) is 8.10. The number of carbonyl (C=O) groups is 2. The maximum Gasteiger partial charge on any atom is 0.328 e. The van der Waals surface area contributed by atoms with Crippen LogP contribution in [0.2, 0.25) is 5.02 Å². The number of ether oxygens (including phenoxy) is 2. The zero-order valence-electron chi connectivity index (χ0n) is 14.8. The van der Waals surface area contributed by atoms with Crippen LogP contribution in [0, 0.1) is 0 Å². The molecule has 0 aliphatic carbocycles. The van der Waals surface area contributed by atoms with E-state index in [2.05, 4.69) is 5.10 Å². The normalized spacial score (nSPS) is 10.6. The number of carbonyl (C=O) groups excluding carboxylic acids is 2. The van der Waals surface area contributed by atoms with E-state index in [4.69, 9.17) is 26.8 Å². The van der Waals surface area contributed by atoms with E-state index in [-0.39, 0.29) is 17.7 Å². The van der Waals surface area contributed by atoms with Crippen LogP contribution in [0.1, 0.15) is 16.1 Å². The van der Waals surface area contributed by atoms with Gasteiger partial charge in [-0.15, -0.1) is 0 Å². The maximum atomic E-state index is 12.6. The van der Waals surface area contributed by atoms with Gasteiger partial charge in [-0.1, -0.05) is 29.8 Å². The largest absolute Gasteiger partial charge is 0.496 e. The number of halogens is 1. The number of nitrogens with two attached hydrogens (primary N) is 1. The van der Waals surface area contributed by atoms with Crippen molar-refractivity contribution in [2.75, 3.05) is 7.11 Å². The van der Waals surface area contributed by atoms with Gasteiger partial charge in [-0.2, -0.15) is 5.10 Å². The number of esters is 1. The minimum absolute atomic E-state index is 0.0977. The minimum Gasteiger partial charge on any atom is -0.496 e. The third-order valence-corrected chi connectivity index (χ3v) is 4.25. The van der Waals surface area contributed by atoms with Gasteiger partial charge in [0.1, 0.15) is 18.9 Å².